The fourth-order valence-corrected chi connectivity index (χ4v) is 3.60. The third kappa shape index (κ3) is 4.00. The second-order valence-electron chi connectivity index (χ2n) is 5.64. The van der Waals surface area contributed by atoms with E-state index in [4.69, 9.17) is 9.47 Å². The Morgan fingerprint density at radius 2 is 2.21 bits per heavy atom. The lowest BCUT2D eigenvalue weighted by molar-refractivity contribution is 0.102. The van der Waals surface area contributed by atoms with Gasteiger partial charge in [0.2, 0.25) is 5.88 Å². The number of nitrogens with one attached hydrogen (secondary N) is 1. The Bertz CT molecular complexity index is 730. The van der Waals surface area contributed by atoms with Gasteiger partial charge < -0.3 is 14.8 Å². The zero-order valence-electron chi connectivity index (χ0n) is 13.7. The average molecular weight is 344 g/mol. The zero-order valence-corrected chi connectivity index (χ0v) is 14.6. The van der Waals surface area contributed by atoms with Crippen LogP contribution < -0.4 is 14.8 Å². The van der Waals surface area contributed by atoms with Crippen LogP contribution in [0.1, 0.15) is 22.3 Å². The Kier molecular flexibility index (Phi) is 5.25. The first-order valence-corrected chi connectivity index (χ1v) is 8.97. The SMILES string of the molecule is COc1ccc(C)cc1NC(=O)c1ccnc(O[C@@H]2CCSC2)c1. The van der Waals surface area contributed by atoms with Crippen LogP contribution in [0.4, 0.5) is 5.69 Å². The van der Waals surface area contributed by atoms with Gasteiger partial charge in [-0.05, 0) is 42.9 Å². The van der Waals surface area contributed by atoms with Gasteiger partial charge in [0, 0.05) is 23.6 Å². The smallest absolute Gasteiger partial charge is 0.256 e. The molecular weight excluding hydrogens is 324 g/mol. The molecule has 126 valence electrons. The fourth-order valence-electron chi connectivity index (χ4n) is 2.51. The molecule has 0 aliphatic carbocycles. The van der Waals surface area contributed by atoms with Crippen LogP contribution in [0.2, 0.25) is 0 Å². The minimum absolute atomic E-state index is 0.178. The highest BCUT2D eigenvalue weighted by Gasteiger charge is 2.18. The maximum atomic E-state index is 12.5. The van der Waals surface area contributed by atoms with Crippen LogP contribution in [0, 0.1) is 6.92 Å². The Labute approximate surface area is 145 Å². The van der Waals surface area contributed by atoms with Gasteiger partial charge in [-0.15, -0.1) is 0 Å². The molecular formula is C18H20N2O3S. The van der Waals surface area contributed by atoms with Crippen molar-refractivity contribution >= 4 is 23.4 Å². The number of nitrogens with zero attached hydrogens (tertiary/aromatic N) is 1. The first-order chi connectivity index (χ1) is 11.7. The summed E-state index contributed by atoms with van der Waals surface area (Å²) in [6.45, 7) is 1.97. The van der Waals surface area contributed by atoms with Gasteiger partial charge >= 0.3 is 0 Å². The number of aromatic nitrogens is 1. The summed E-state index contributed by atoms with van der Waals surface area (Å²) in [7, 11) is 1.58. The largest absolute Gasteiger partial charge is 0.495 e. The Morgan fingerprint density at radius 3 is 2.96 bits per heavy atom. The van der Waals surface area contributed by atoms with Crippen LogP contribution >= 0.6 is 11.8 Å². The van der Waals surface area contributed by atoms with E-state index in [1.54, 1.807) is 25.4 Å². The van der Waals surface area contributed by atoms with E-state index in [2.05, 4.69) is 10.3 Å². The molecule has 1 fully saturated rings. The number of rotatable bonds is 5. The van der Waals surface area contributed by atoms with Gasteiger partial charge in [-0.1, -0.05) is 6.07 Å². The molecule has 1 aliphatic heterocycles. The number of methoxy groups -OCH3 is 1. The van der Waals surface area contributed by atoms with Gasteiger partial charge in [0.1, 0.15) is 11.9 Å². The Balaban J connectivity index is 1.74. The van der Waals surface area contributed by atoms with E-state index in [9.17, 15) is 4.79 Å². The molecule has 0 unspecified atom stereocenters. The van der Waals surface area contributed by atoms with E-state index in [0.29, 0.717) is 22.9 Å². The second-order valence-corrected chi connectivity index (χ2v) is 6.79. The minimum Gasteiger partial charge on any atom is -0.495 e. The van der Waals surface area contributed by atoms with Crippen molar-refractivity contribution in [2.45, 2.75) is 19.4 Å². The van der Waals surface area contributed by atoms with Crippen molar-refractivity contribution in [3.63, 3.8) is 0 Å². The number of aryl methyl sites for hydroxylation is 1. The first kappa shape index (κ1) is 16.6. The van der Waals surface area contributed by atoms with E-state index in [1.165, 1.54) is 0 Å². The number of thioether (sulfide) groups is 1. The number of hydrogen-bond acceptors (Lipinski definition) is 5. The number of carbonyl (C=O) groups excluding carboxylic acids is 1. The summed E-state index contributed by atoms with van der Waals surface area (Å²) in [6, 6.07) is 9.01. The summed E-state index contributed by atoms with van der Waals surface area (Å²) in [5, 5.41) is 2.89. The first-order valence-electron chi connectivity index (χ1n) is 7.82. The van der Waals surface area contributed by atoms with Crippen molar-refractivity contribution in [3.8, 4) is 11.6 Å². The van der Waals surface area contributed by atoms with E-state index in [-0.39, 0.29) is 12.0 Å². The summed E-state index contributed by atoms with van der Waals surface area (Å²) in [4.78, 5) is 16.7. The molecule has 1 saturated heterocycles. The maximum absolute atomic E-state index is 12.5. The highest BCUT2D eigenvalue weighted by molar-refractivity contribution is 7.99. The van der Waals surface area contributed by atoms with Crippen molar-refractivity contribution in [2.75, 3.05) is 23.9 Å². The molecule has 0 spiro atoms. The van der Waals surface area contributed by atoms with Crippen molar-refractivity contribution in [2.24, 2.45) is 0 Å². The lowest BCUT2D eigenvalue weighted by Crippen LogP contribution is -2.17. The van der Waals surface area contributed by atoms with Crippen LogP contribution in [0.25, 0.3) is 0 Å². The summed E-state index contributed by atoms with van der Waals surface area (Å²) in [6.07, 6.45) is 2.79. The molecule has 24 heavy (non-hydrogen) atoms. The fraction of sp³-hybridized carbons (Fsp3) is 0.333. The third-order valence-corrected chi connectivity index (χ3v) is 4.91. The van der Waals surface area contributed by atoms with Crippen LogP contribution in [0.3, 0.4) is 0 Å². The molecule has 3 rings (SSSR count). The van der Waals surface area contributed by atoms with Crippen LogP contribution in [0.15, 0.2) is 36.5 Å². The van der Waals surface area contributed by atoms with E-state index >= 15 is 0 Å². The Morgan fingerprint density at radius 1 is 1.33 bits per heavy atom. The molecule has 0 saturated carbocycles. The molecule has 5 nitrogen and oxygen atoms in total. The van der Waals surface area contributed by atoms with E-state index in [1.807, 2.05) is 36.9 Å². The number of carbonyl (C=O) groups is 1. The molecule has 0 radical (unpaired) electrons. The van der Waals surface area contributed by atoms with Gasteiger partial charge in [-0.25, -0.2) is 4.98 Å². The predicted octanol–water partition coefficient (Wildman–Crippen LogP) is 3.54. The summed E-state index contributed by atoms with van der Waals surface area (Å²) >= 11 is 1.87. The van der Waals surface area contributed by atoms with Gasteiger partial charge in [0.25, 0.3) is 5.91 Å². The van der Waals surface area contributed by atoms with Crippen LogP contribution in [0.5, 0.6) is 11.6 Å². The van der Waals surface area contributed by atoms with Crippen molar-refractivity contribution in [1.29, 1.82) is 0 Å². The van der Waals surface area contributed by atoms with E-state index in [0.717, 1.165) is 23.5 Å². The topological polar surface area (TPSA) is 60.5 Å². The Hall–Kier alpha value is -2.21. The highest BCUT2D eigenvalue weighted by Crippen LogP contribution is 2.26. The lowest BCUT2D eigenvalue weighted by atomic mass is 10.2. The zero-order chi connectivity index (χ0) is 16.9. The number of anilines is 1. The molecule has 1 amide bonds. The molecule has 2 aromatic rings. The minimum atomic E-state index is -0.216. The van der Waals surface area contributed by atoms with Crippen LogP contribution in [-0.2, 0) is 0 Å². The number of benzene rings is 1. The molecule has 0 bridgehead atoms. The van der Waals surface area contributed by atoms with Gasteiger partial charge in [0.05, 0.1) is 12.8 Å². The predicted molar refractivity (Wildman–Crippen MR) is 96.3 cm³/mol. The molecule has 6 heteroatoms. The van der Waals surface area contributed by atoms with E-state index < -0.39 is 0 Å². The lowest BCUT2D eigenvalue weighted by Gasteiger charge is -2.13. The van der Waals surface area contributed by atoms with Gasteiger partial charge in [-0.3, -0.25) is 4.79 Å². The summed E-state index contributed by atoms with van der Waals surface area (Å²) in [5.74, 6) is 2.98. The standard InChI is InChI=1S/C18H20N2O3S/c1-12-3-4-16(22-2)15(9-12)20-18(21)13-5-7-19-17(10-13)23-14-6-8-24-11-14/h3-5,7,9-10,14H,6,8,11H2,1-2H3,(H,20,21)/t14-/m1/s1. The number of amides is 1. The molecule has 2 heterocycles. The quantitative estimate of drug-likeness (QED) is 0.899. The average Bonchev–Trinajstić information content (AvgIpc) is 3.08. The van der Waals surface area contributed by atoms with Crippen molar-refractivity contribution in [3.05, 3.63) is 47.7 Å². The molecule has 1 atom stereocenters. The molecule has 1 aromatic carbocycles. The van der Waals surface area contributed by atoms with Crippen molar-refractivity contribution < 1.29 is 14.3 Å². The monoisotopic (exact) mass is 344 g/mol. The summed E-state index contributed by atoms with van der Waals surface area (Å²) in [5.41, 5.74) is 2.20. The highest BCUT2D eigenvalue weighted by atomic mass is 32.2. The normalized spacial score (nSPS) is 16.7. The number of hydrogen-bond donors (Lipinski definition) is 1. The maximum Gasteiger partial charge on any atom is 0.256 e. The van der Waals surface area contributed by atoms with Gasteiger partial charge in [-0.2, -0.15) is 11.8 Å². The molecule has 1 N–H and O–H groups in total. The molecule has 1 aliphatic rings. The third-order valence-electron chi connectivity index (χ3n) is 3.78. The number of ether oxygens (including phenoxy) is 2. The summed E-state index contributed by atoms with van der Waals surface area (Å²) < 4.78 is 11.1. The molecule has 1 aromatic heterocycles. The van der Waals surface area contributed by atoms with Gasteiger partial charge in [0.15, 0.2) is 0 Å². The van der Waals surface area contributed by atoms with Crippen molar-refractivity contribution in [1.82, 2.24) is 4.98 Å². The number of pyridine rings is 1. The van der Waals surface area contributed by atoms with Crippen LogP contribution in [-0.4, -0.2) is 35.6 Å². The second kappa shape index (κ2) is 7.57.